The van der Waals surface area contributed by atoms with Gasteiger partial charge in [0.1, 0.15) is 0 Å². The summed E-state index contributed by atoms with van der Waals surface area (Å²) in [5.41, 5.74) is 10.8. The summed E-state index contributed by atoms with van der Waals surface area (Å²) in [4.78, 5) is 0. The second-order valence-electron chi connectivity index (χ2n) is 7.01. The summed E-state index contributed by atoms with van der Waals surface area (Å²) in [5, 5.41) is 0. The Morgan fingerprint density at radius 2 is 1.33 bits per heavy atom. The van der Waals surface area contributed by atoms with Gasteiger partial charge in [0.25, 0.3) is 0 Å². The molecule has 0 radical (unpaired) electrons. The van der Waals surface area contributed by atoms with Gasteiger partial charge < -0.3 is 0 Å². The Hall–Kier alpha value is -3.34. The Morgan fingerprint density at radius 3 is 2.04 bits per heavy atom. The number of hydrogen-bond donors (Lipinski definition) is 0. The average molecular weight is 344 g/mol. The monoisotopic (exact) mass is 344 g/mol. The van der Waals surface area contributed by atoms with E-state index in [4.69, 9.17) is 0 Å². The molecule has 0 saturated heterocycles. The average Bonchev–Trinajstić information content (AvgIpc) is 2.99. The van der Waals surface area contributed by atoms with Crippen molar-refractivity contribution in [1.29, 1.82) is 0 Å². The highest BCUT2D eigenvalue weighted by molar-refractivity contribution is 5.79. The van der Waals surface area contributed by atoms with Gasteiger partial charge in [0.05, 0.1) is 5.41 Å². The number of allylic oxidation sites excluding steroid dienone is 11. The Kier molecular flexibility index (Phi) is 3.78. The molecule has 27 heavy (non-hydrogen) atoms. The van der Waals surface area contributed by atoms with Crippen LogP contribution in [0.25, 0.3) is 0 Å². The van der Waals surface area contributed by atoms with Crippen LogP contribution in [0.2, 0.25) is 0 Å². The minimum Gasteiger partial charge on any atom is -0.121 e. The van der Waals surface area contributed by atoms with Crippen LogP contribution >= 0.6 is 0 Å². The van der Waals surface area contributed by atoms with Crippen LogP contribution in [-0.4, -0.2) is 0 Å². The van der Waals surface area contributed by atoms with Crippen LogP contribution in [0, 0.1) is 0 Å². The van der Waals surface area contributed by atoms with E-state index in [9.17, 15) is 0 Å². The van der Waals surface area contributed by atoms with Gasteiger partial charge in [-0.1, -0.05) is 85.0 Å². The summed E-state index contributed by atoms with van der Waals surface area (Å²) in [6, 6.07) is 21.8. The van der Waals surface area contributed by atoms with Gasteiger partial charge in [0, 0.05) is 0 Å². The molecule has 3 aliphatic rings. The van der Waals surface area contributed by atoms with Crippen LogP contribution in [0.15, 0.2) is 137 Å². The third-order valence-electron chi connectivity index (χ3n) is 5.63. The molecule has 0 spiro atoms. The van der Waals surface area contributed by atoms with Crippen molar-refractivity contribution in [3.05, 3.63) is 148 Å². The lowest BCUT2D eigenvalue weighted by Gasteiger charge is -2.35. The van der Waals surface area contributed by atoms with E-state index in [0.717, 1.165) is 6.42 Å². The highest BCUT2D eigenvalue weighted by Gasteiger charge is 2.48. The first-order valence-electron chi connectivity index (χ1n) is 9.45. The molecule has 0 heterocycles. The maximum atomic E-state index is 3.26. The van der Waals surface area contributed by atoms with Crippen molar-refractivity contribution in [2.24, 2.45) is 0 Å². The Labute approximate surface area is 160 Å². The van der Waals surface area contributed by atoms with E-state index in [1.165, 1.54) is 33.4 Å². The van der Waals surface area contributed by atoms with Gasteiger partial charge >= 0.3 is 0 Å². The van der Waals surface area contributed by atoms with Crippen LogP contribution in [0.5, 0.6) is 0 Å². The van der Waals surface area contributed by atoms with Crippen molar-refractivity contribution >= 4 is 0 Å². The van der Waals surface area contributed by atoms with Gasteiger partial charge in [0.2, 0.25) is 0 Å². The lowest BCUT2D eigenvalue weighted by Crippen LogP contribution is -2.29. The topological polar surface area (TPSA) is 0 Å². The predicted molar refractivity (Wildman–Crippen MR) is 112 cm³/mol. The van der Waals surface area contributed by atoms with Crippen LogP contribution in [0.1, 0.15) is 17.5 Å². The van der Waals surface area contributed by atoms with Gasteiger partial charge in [-0.05, 0) is 64.1 Å². The van der Waals surface area contributed by atoms with Crippen LogP contribution < -0.4 is 0 Å². The van der Waals surface area contributed by atoms with E-state index in [1.54, 1.807) is 0 Å². The van der Waals surface area contributed by atoms with Crippen LogP contribution in [-0.2, 0) is 5.41 Å². The van der Waals surface area contributed by atoms with Crippen LogP contribution in [0.3, 0.4) is 0 Å². The van der Waals surface area contributed by atoms with E-state index in [0.29, 0.717) is 0 Å². The maximum absolute atomic E-state index is 3.26. The van der Waals surface area contributed by atoms with Crippen LogP contribution in [0.4, 0.5) is 0 Å². The zero-order chi connectivity index (χ0) is 18.1. The summed E-state index contributed by atoms with van der Waals surface area (Å²) in [7, 11) is 0. The third kappa shape index (κ3) is 2.31. The highest BCUT2D eigenvalue weighted by atomic mass is 14.5. The molecule has 0 aromatic heterocycles. The molecular weight excluding hydrogens is 324 g/mol. The van der Waals surface area contributed by atoms with Crippen molar-refractivity contribution in [2.75, 3.05) is 0 Å². The number of rotatable bonds is 2. The smallest absolute Gasteiger partial charge is 0.0713 e. The molecule has 3 aliphatic carbocycles. The van der Waals surface area contributed by atoms with E-state index >= 15 is 0 Å². The first-order chi connectivity index (χ1) is 13.4. The van der Waals surface area contributed by atoms with Crippen molar-refractivity contribution in [3.8, 4) is 0 Å². The molecule has 5 rings (SSSR count). The second-order valence-corrected chi connectivity index (χ2v) is 7.01. The molecule has 2 aromatic carbocycles. The predicted octanol–water partition coefficient (Wildman–Crippen LogP) is 6.38. The molecule has 0 heteroatoms. The first-order valence-corrected chi connectivity index (χ1v) is 9.45. The summed E-state index contributed by atoms with van der Waals surface area (Å²) in [6.07, 6.45) is 18.6. The molecule has 0 unspecified atom stereocenters. The van der Waals surface area contributed by atoms with Gasteiger partial charge in [0.15, 0.2) is 0 Å². The summed E-state index contributed by atoms with van der Waals surface area (Å²) in [5.74, 6) is 0. The molecular formula is C27H20. The summed E-state index contributed by atoms with van der Waals surface area (Å²) < 4.78 is 0. The third-order valence-corrected chi connectivity index (χ3v) is 5.63. The standard InChI is InChI=1S/C27H20/c1-5-13-21(14-6-1)27(22-15-7-2-8-16-22)25-19-11-3-9-17-23(25)24-18-10-4-12-20-26(24)27/h1-2,5-20H,3H2. The quantitative estimate of drug-likeness (QED) is 0.555. The minimum absolute atomic E-state index is 0.314. The van der Waals surface area contributed by atoms with E-state index in [2.05, 4.69) is 103 Å². The largest absolute Gasteiger partial charge is 0.121 e. The fraction of sp³-hybridized carbons (Fsp3) is 0.0741. The zero-order valence-corrected chi connectivity index (χ0v) is 15.1. The normalized spacial score (nSPS) is 19.1. The minimum atomic E-state index is -0.314. The van der Waals surface area contributed by atoms with Crippen molar-refractivity contribution in [2.45, 2.75) is 11.8 Å². The fourth-order valence-corrected chi connectivity index (χ4v) is 4.56. The molecule has 0 atom stereocenters. The highest BCUT2D eigenvalue weighted by Crippen LogP contribution is 2.57. The van der Waals surface area contributed by atoms with Gasteiger partial charge in [-0.2, -0.15) is 0 Å². The van der Waals surface area contributed by atoms with E-state index < -0.39 is 0 Å². The zero-order valence-electron chi connectivity index (χ0n) is 15.1. The van der Waals surface area contributed by atoms with E-state index in [1.807, 2.05) is 12.2 Å². The lowest BCUT2D eigenvalue weighted by atomic mass is 9.66. The molecule has 0 bridgehead atoms. The second kappa shape index (κ2) is 6.43. The SMILES string of the molecule is C1=CC=C2C(=CC=1)C(c1ccccc1)(c1ccccc1)C1=C2C=CCC=C1. The fourth-order valence-electron chi connectivity index (χ4n) is 4.56. The molecule has 0 aliphatic heterocycles. The van der Waals surface area contributed by atoms with Crippen molar-refractivity contribution in [3.63, 3.8) is 0 Å². The van der Waals surface area contributed by atoms with E-state index in [-0.39, 0.29) is 5.41 Å². The van der Waals surface area contributed by atoms with Gasteiger partial charge in [-0.15, -0.1) is 5.73 Å². The molecule has 128 valence electrons. The Bertz CT molecular complexity index is 1050. The molecule has 0 nitrogen and oxygen atoms in total. The molecule has 0 amide bonds. The molecule has 0 saturated carbocycles. The number of benzene rings is 2. The van der Waals surface area contributed by atoms with Gasteiger partial charge in [-0.25, -0.2) is 0 Å². The Balaban J connectivity index is 1.95. The van der Waals surface area contributed by atoms with Gasteiger partial charge in [-0.3, -0.25) is 0 Å². The maximum Gasteiger partial charge on any atom is 0.0713 e. The Morgan fingerprint density at radius 1 is 0.704 bits per heavy atom. The lowest BCUT2D eigenvalue weighted by molar-refractivity contribution is 0.758. The molecule has 2 aromatic rings. The molecule has 0 fully saturated rings. The first kappa shape index (κ1) is 15.9. The van der Waals surface area contributed by atoms with Crippen molar-refractivity contribution < 1.29 is 0 Å². The number of hydrogen-bond acceptors (Lipinski definition) is 0. The van der Waals surface area contributed by atoms with Crippen molar-refractivity contribution in [1.82, 2.24) is 0 Å². The molecule has 0 N–H and O–H groups in total. The summed E-state index contributed by atoms with van der Waals surface area (Å²) >= 11 is 0. The summed E-state index contributed by atoms with van der Waals surface area (Å²) in [6.45, 7) is 0. The number of fused-ring (bicyclic) bond motifs is 2.